The summed E-state index contributed by atoms with van der Waals surface area (Å²) >= 11 is 7.89. The van der Waals surface area contributed by atoms with E-state index in [-0.39, 0.29) is 11.4 Å². The second-order valence-electron chi connectivity index (χ2n) is 6.91. The van der Waals surface area contributed by atoms with Gasteiger partial charge in [-0.25, -0.2) is 0 Å². The van der Waals surface area contributed by atoms with Gasteiger partial charge in [-0.2, -0.15) is 0 Å². The van der Waals surface area contributed by atoms with Crippen molar-refractivity contribution in [1.29, 1.82) is 0 Å². The SMILES string of the molecule is Cc1ccc(N(C(=O)c2ccccc2Cl)C2=NC(C)(C)CS2)c(C)c1. The van der Waals surface area contributed by atoms with Crippen LogP contribution in [0.5, 0.6) is 0 Å². The zero-order valence-electron chi connectivity index (χ0n) is 14.8. The van der Waals surface area contributed by atoms with E-state index in [4.69, 9.17) is 16.6 Å². The molecular weight excluding hydrogens is 352 g/mol. The lowest BCUT2D eigenvalue weighted by Gasteiger charge is -2.24. The summed E-state index contributed by atoms with van der Waals surface area (Å²) < 4.78 is 0. The fraction of sp³-hybridized carbons (Fsp3) is 0.300. The molecule has 0 spiro atoms. The summed E-state index contributed by atoms with van der Waals surface area (Å²) in [4.78, 5) is 19.8. The molecule has 5 heteroatoms. The maximum absolute atomic E-state index is 13.3. The van der Waals surface area contributed by atoms with Crippen LogP contribution in [-0.4, -0.2) is 22.4 Å². The summed E-state index contributed by atoms with van der Waals surface area (Å²) in [6, 6.07) is 13.2. The number of hydrogen-bond acceptors (Lipinski definition) is 3. The van der Waals surface area contributed by atoms with Crippen molar-refractivity contribution in [2.75, 3.05) is 10.7 Å². The first-order chi connectivity index (χ1) is 11.8. The van der Waals surface area contributed by atoms with Crippen LogP contribution in [0.1, 0.15) is 35.3 Å². The monoisotopic (exact) mass is 372 g/mol. The zero-order valence-corrected chi connectivity index (χ0v) is 16.4. The van der Waals surface area contributed by atoms with Crippen LogP contribution in [0.25, 0.3) is 0 Å². The molecule has 0 radical (unpaired) electrons. The van der Waals surface area contributed by atoms with E-state index < -0.39 is 0 Å². The maximum atomic E-state index is 13.3. The van der Waals surface area contributed by atoms with Crippen LogP contribution >= 0.6 is 23.4 Å². The van der Waals surface area contributed by atoms with Crippen molar-refractivity contribution < 1.29 is 4.79 Å². The zero-order chi connectivity index (χ0) is 18.2. The highest BCUT2D eigenvalue weighted by Crippen LogP contribution is 2.34. The van der Waals surface area contributed by atoms with Crippen LogP contribution in [0.15, 0.2) is 47.5 Å². The lowest BCUT2D eigenvalue weighted by Crippen LogP contribution is -2.35. The first-order valence-corrected chi connectivity index (χ1v) is 9.54. The number of aliphatic imine (C=N–C) groups is 1. The number of amides is 1. The molecule has 0 unspecified atom stereocenters. The fourth-order valence-electron chi connectivity index (χ4n) is 2.79. The number of carbonyl (C=O) groups excluding carboxylic acids is 1. The summed E-state index contributed by atoms with van der Waals surface area (Å²) in [6.07, 6.45) is 0. The van der Waals surface area contributed by atoms with Crippen molar-refractivity contribution >= 4 is 40.1 Å². The van der Waals surface area contributed by atoms with Gasteiger partial charge in [-0.1, -0.05) is 53.2 Å². The number of halogens is 1. The Morgan fingerprint density at radius 2 is 1.92 bits per heavy atom. The molecule has 1 aliphatic rings. The Kier molecular flexibility index (Phi) is 4.94. The van der Waals surface area contributed by atoms with E-state index in [1.807, 2.05) is 38.1 Å². The van der Waals surface area contributed by atoms with Crippen LogP contribution < -0.4 is 4.90 Å². The molecule has 0 fully saturated rings. The van der Waals surface area contributed by atoms with Gasteiger partial charge in [-0.15, -0.1) is 0 Å². The van der Waals surface area contributed by atoms with Gasteiger partial charge >= 0.3 is 0 Å². The Hall–Kier alpha value is -1.78. The van der Waals surface area contributed by atoms with Crippen molar-refractivity contribution in [3.63, 3.8) is 0 Å². The van der Waals surface area contributed by atoms with E-state index in [1.165, 1.54) is 0 Å². The third kappa shape index (κ3) is 3.75. The van der Waals surface area contributed by atoms with Crippen molar-refractivity contribution in [2.24, 2.45) is 4.99 Å². The maximum Gasteiger partial charge on any atom is 0.265 e. The molecule has 25 heavy (non-hydrogen) atoms. The van der Waals surface area contributed by atoms with Gasteiger partial charge < -0.3 is 0 Å². The first-order valence-electron chi connectivity index (χ1n) is 8.17. The van der Waals surface area contributed by atoms with Crippen LogP contribution in [0.3, 0.4) is 0 Å². The molecule has 2 aromatic rings. The summed E-state index contributed by atoms with van der Waals surface area (Å²) in [5.41, 5.74) is 3.34. The van der Waals surface area contributed by atoms with E-state index in [2.05, 4.69) is 19.9 Å². The molecule has 0 atom stereocenters. The number of nitrogens with zero attached hydrogens (tertiary/aromatic N) is 2. The van der Waals surface area contributed by atoms with Gasteiger partial charge in [-0.05, 0) is 51.5 Å². The van der Waals surface area contributed by atoms with Gasteiger partial charge in [0.1, 0.15) is 0 Å². The van der Waals surface area contributed by atoms with Crippen LogP contribution in [-0.2, 0) is 0 Å². The number of amidine groups is 1. The van der Waals surface area contributed by atoms with Crippen molar-refractivity contribution in [2.45, 2.75) is 33.2 Å². The fourth-order valence-corrected chi connectivity index (χ4v) is 4.18. The van der Waals surface area contributed by atoms with Gasteiger partial charge in [0.15, 0.2) is 5.17 Å². The number of aryl methyl sites for hydroxylation is 2. The van der Waals surface area contributed by atoms with Gasteiger partial charge in [-0.3, -0.25) is 14.7 Å². The molecule has 0 bridgehead atoms. The quantitative estimate of drug-likeness (QED) is 0.698. The number of anilines is 1. The average Bonchev–Trinajstić information content (AvgIpc) is 2.90. The van der Waals surface area contributed by atoms with E-state index in [0.717, 1.165) is 27.7 Å². The minimum Gasteiger partial charge on any atom is -0.268 e. The number of hydrogen-bond donors (Lipinski definition) is 0. The molecule has 1 aliphatic heterocycles. The van der Waals surface area contributed by atoms with E-state index in [0.29, 0.717) is 10.6 Å². The molecule has 130 valence electrons. The van der Waals surface area contributed by atoms with Crippen LogP contribution in [0.4, 0.5) is 5.69 Å². The Labute approximate surface area is 158 Å². The molecule has 0 aromatic heterocycles. The third-order valence-electron chi connectivity index (χ3n) is 4.04. The largest absolute Gasteiger partial charge is 0.268 e. The Bertz CT molecular complexity index is 861. The Balaban J connectivity index is 2.13. The molecular formula is C20H21ClN2OS. The molecule has 0 saturated heterocycles. The number of benzene rings is 2. The number of carbonyl (C=O) groups is 1. The van der Waals surface area contributed by atoms with Crippen LogP contribution in [0.2, 0.25) is 5.02 Å². The predicted molar refractivity (Wildman–Crippen MR) is 108 cm³/mol. The molecule has 0 aliphatic carbocycles. The summed E-state index contributed by atoms with van der Waals surface area (Å²) in [6.45, 7) is 8.21. The second-order valence-corrected chi connectivity index (χ2v) is 8.26. The van der Waals surface area contributed by atoms with Crippen molar-refractivity contribution in [1.82, 2.24) is 0 Å². The van der Waals surface area contributed by atoms with Crippen molar-refractivity contribution in [3.05, 3.63) is 64.2 Å². The van der Waals surface area contributed by atoms with E-state index in [1.54, 1.807) is 28.8 Å². The molecule has 0 N–H and O–H groups in total. The number of rotatable bonds is 2. The Morgan fingerprint density at radius 3 is 2.52 bits per heavy atom. The first kappa shape index (κ1) is 18.0. The topological polar surface area (TPSA) is 32.7 Å². The minimum absolute atomic E-state index is 0.151. The average molecular weight is 373 g/mol. The lowest BCUT2D eigenvalue weighted by molar-refractivity contribution is 0.100. The van der Waals surface area contributed by atoms with Gasteiger partial charge in [0, 0.05) is 5.75 Å². The molecule has 1 amide bonds. The number of thioether (sulfide) groups is 1. The van der Waals surface area contributed by atoms with Gasteiger partial charge in [0.2, 0.25) is 0 Å². The smallest absolute Gasteiger partial charge is 0.265 e. The predicted octanol–water partition coefficient (Wildman–Crippen LogP) is 5.49. The molecule has 3 nitrogen and oxygen atoms in total. The van der Waals surface area contributed by atoms with Gasteiger partial charge in [0.25, 0.3) is 5.91 Å². The van der Waals surface area contributed by atoms with E-state index >= 15 is 0 Å². The summed E-state index contributed by atoms with van der Waals surface area (Å²) in [5.74, 6) is 0.695. The Morgan fingerprint density at radius 1 is 1.20 bits per heavy atom. The third-order valence-corrected chi connectivity index (χ3v) is 5.76. The molecule has 2 aromatic carbocycles. The normalized spacial score (nSPS) is 15.8. The highest BCUT2D eigenvalue weighted by atomic mass is 35.5. The minimum atomic E-state index is -0.183. The standard InChI is InChI=1S/C20H21ClN2OS/c1-13-9-10-17(14(2)11-13)23(19-22-20(3,4)12-25-19)18(24)15-7-5-6-8-16(15)21/h5-11H,12H2,1-4H3. The second kappa shape index (κ2) is 6.85. The van der Waals surface area contributed by atoms with E-state index in [9.17, 15) is 4.79 Å². The highest BCUT2D eigenvalue weighted by molar-refractivity contribution is 8.14. The summed E-state index contributed by atoms with van der Waals surface area (Å²) in [5, 5.41) is 1.17. The molecule has 1 heterocycles. The van der Waals surface area contributed by atoms with Crippen LogP contribution in [0, 0.1) is 13.8 Å². The van der Waals surface area contributed by atoms with Gasteiger partial charge in [0.05, 0.1) is 21.8 Å². The highest BCUT2D eigenvalue weighted by Gasteiger charge is 2.33. The summed E-state index contributed by atoms with van der Waals surface area (Å²) in [7, 11) is 0. The molecule has 3 rings (SSSR count). The van der Waals surface area contributed by atoms with Crippen molar-refractivity contribution in [3.8, 4) is 0 Å². The molecule has 0 saturated carbocycles. The lowest BCUT2D eigenvalue weighted by atomic mass is 10.1.